The van der Waals surface area contributed by atoms with Crippen molar-refractivity contribution < 1.29 is 4.79 Å². The van der Waals surface area contributed by atoms with E-state index in [0.717, 1.165) is 26.2 Å². The molecular formula is C16H32ClN3O. The number of likely N-dealkylation sites (N-methyl/N-ethyl adjacent to an activating group) is 1. The number of carbonyl (C=O) groups excluding carboxylic acids is 1. The van der Waals surface area contributed by atoms with Crippen LogP contribution in [0.4, 0.5) is 0 Å². The summed E-state index contributed by atoms with van der Waals surface area (Å²) in [5, 5.41) is 3.35. The molecule has 0 spiro atoms. The average Bonchev–Trinajstić information content (AvgIpc) is 2.44. The van der Waals surface area contributed by atoms with Gasteiger partial charge in [-0.2, -0.15) is 0 Å². The lowest BCUT2D eigenvalue weighted by atomic mass is 9.91. The van der Waals surface area contributed by atoms with Gasteiger partial charge in [0.1, 0.15) is 0 Å². The number of hydrogen-bond donors (Lipinski definition) is 1. The van der Waals surface area contributed by atoms with Crippen molar-refractivity contribution in [3.8, 4) is 0 Å². The smallest absolute Gasteiger partial charge is 0.239 e. The summed E-state index contributed by atoms with van der Waals surface area (Å²) in [4.78, 5) is 17.2. The molecule has 1 amide bonds. The van der Waals surface area contributed by atoms with E-state index in [9.17, 15) is 4.79 Å². The maximum Gasteiger partial charge on any atom is 0.239 e. The second-order valence-electron chi connectivity index (χ2n) is 6.99. The van der Waals surface area contributed by atoms with Crippen LogP contribution in [0.2, 0.25) is 0 Å². The van der Waals surface area contributed by atoms with E-state index in [1.165, 1.54) is 19.3 Å². The number of halogens is 1. The molecule has 0 aliphatic carbocycles. The molecule has 0 aromatic rings. The Hall–Kier alpha value is -0.320. The molecule has 0 radical (unpaired) electrons. The minimum atomic E-state index is 0. The fraction of sp³-hybridized carbons (Fsp3) is 0.938. The molecule has 0 saturated carbocycles. The number of likely N-dealkylation sites (tertiary alicyclic amines) is 2. The molecule has 2 aliphatic rings. The van der Waals surface area contributed by atoms with Gasteiger partial charge in [0.15, 0.2) is 0 Å². The van der Waals surface area contributed by atoms with Crippen LogP contribution in [0.15, 0.2) is 0 Å². The van der Waals surface area contributed by atoms with E-state index in [1.54, 1.807) is 0 Å². The first kappa shape index (κ1) is 18.7. The lowest BCUT2D eigenvalue weighted by Crippen LogP contribution is -2.55. The molecule has 5 heteroatoms. The first-order chi connectivity index (χ1) is 9.51. The summed E-state index contributed by atoms with van der Waals surface area (Å²) in [5.74, 6) is 1.61. The highest BCUT2D eigenvalue weighted by Crippen LogP contribution is 2.23. The van der Waals surface area contributed by atoms with Gasteiger partial charge in [-0.3, -0.25) is 9.69 Å². The molecule has 2 rings (SSSR count). The van der Waals surface area contributed by atoms with E-state index in [0.29, 0.717) is 23.8 Å². The van der Waals surface area contributed by atoms with Gasteiger partial charge >= 0.3 is 0 Å². The van der Waals surface area contributed by atoms with E-state index in [2.05, 4.69) is 35.9 Å². The van der Waals surface area contributed by atoms with Crippen molar-refractivity contribution in [2.45, 2.75) is 52.1 Å². The molecule has 0 aromatic heterocycles. The number of nitrogens with one attached hydrogen (secondary N) is 1. The van der Waals surface area contributed by atoms with Gasteiger partial charge in [0.25, 0.3) is 0 Å². The second kappa shape index (κ2) is 8.35. The van der Waals surface area contributed by atoms with Crippen molar-refractivity contribution >= 4 is 18.3 Å². The molecule has 4 atom stereocenters. The van der Waals surface area contributed by atoms with Crippen LogP contribution in [0.3, 0.4) is 0 Å². The zero-order valence-electron chi connectivity index (χ0n) is 14.0. The van der Waals surface area contributed by atoms with Crippen molar-refractivity contribution in [1.29, 1.82) is 0 Å². The van der Waals surface area contributed by atoms with Crippen molar-refractivity contribution in [3.05, 3.63) is 0 Å². The summed E-state index contributed by atoms with van der Waals surface area (Å²) in [6, 6.07) is 0.571. The summed E-state index contributed by atoms with van der Waals surface area (Å²) in [5.41, 5.74) is 0. The normalized spacial score (nSPS) is 32.4. The van der Waals surface area contributed by atoms with Gasteiger partial charge in [-0.15, -0.1) is 12.4 Å². The Bertz CT molecular complexity index is 329. The molecular weight excluding hydrogens is 286 g/mol. The first-order valence-electron chi connectivity index (χ1n) is 8.21. The maximum absolute atomic E-state index is 12.7. The highest BCUT2D eigenvalue weighted by Gasteiger charge is 2.32. The van der Waals surface area contributed by atoms with E-state index < -0.39 is 0 Å². The van der Waals surface area contributed by atoms with Crippen molar-refractivity contribution in [1.82, 2.24) is 15.1 Å². The summed E-state index contributed by atoms with van der Waals surface area (Å²) in [6.07, 6.45) is 3.67. The van der Waals surface area contributed by atoms with E-state index in [1.807, 2.05) is 7.05 Å². The van der Waals surface area contributed by atoms with Crippen LogP contribution in [0, 0.1) is 11.8 Å². The molecule has 0 bridgehead atoms. The summed E-state index contributed by atoms with van der Waals surface area (Å²) < 4.78 is 0. The summed E-state index contributed by atoms with van der Waals surface area (Å²) in [7, 11) is 2.02. The minimum Gasteiger partial charge on any atom is -0.341 e. The lowest BCUT2D eigenvalue weighted by molar-refractivity contribution is -0.139. The number of rotatable bonds is 3. The Morgan fingerprint density at radius 3 is 2.38 bits per heavy atom. The van der Waals surface area contributed by atoms with Gasteiger partial charge in [-0.1, -0.05) is 13.8 Å². The fourth-order valence-electron chi connectivity index (χ4n) is 3.86. The number of hydrogen-bond acceptors (Lipinski definition) is 3. The zero-order valence-corrected chi connectivity index (χ0v) is 14.8. The van der Waals surface area contributed by atoms with Crippen LogP contribution in [0.25, 0.3) is 0 Å². The summed E-state index contributed by atoms with van der Waals surface area (Å²) in [6.45, 7) is 10.6. The number of nitrogens with zero attached hydrogens (tertiary/aromatic N) is 2. The predicted octanol–water partition coefficient (Wildman–Crippen LogP) is 1.98. The standard InChI is InChI=1S/C16H31N3O.ClH/c1-12-8-13(2)10-19(9-12)16(20)14(3)18-7-5-6-15(11-18)17-4;/h12-15,17H,5-11H2,1-4H3;1H. The van der Waals surface area contributed by atoms with Crippen molar-refractivity contribution in [3.63, 3.8) is 0 Å². The monoisotopic (exact) mass is 317 g/mol. The number of piperidine rings is 2. The number of carbonyl (C=O) groups is 1. The Morgan fingerprint density at radius 2 is 1.81 bits per heavy atom. The van der Waals surface area contributed by atoms with Crippen LogP contribution in [-0.2, 0) is 4.79 Å². The third kappa shape index (κ3) is 4.83. The molecule has 2 heterocycles. The topological polar surface area (TPSA) is 35.6 Å². The van der Waals surface area contributed by atoms with Crippen LogP contribution in [0.5, 0.6) is 0 Å². The second-order valence-corrected chi connectivity index (χ2v) is 6.99. The molecule has 124 valence electrons. The van der Waals surface area contributed by atoms with E-state index in [-0.39, 0.29) is 18.4 Å². The van der Waals surface area contributed by atoms with Gasteiger partial charge in [-0.05, 0) is 51.6 Å². The maximum atomic E-state index is 12.7. The van der Waals surface area contributed by atoms with Gasteiger partial charge in [0.2, 0.25) is 5.91 Å². The van der Waals surface area contributed by atoms with E-state index in [4.69, 9.17) is 0 Å². The first-order valence-corrected chi connectivity index (χ1v) is 8.21. The Kier molecular flexibility index (Phi) is 7.45. The summed E-state index contributed by atoms with van der Waals surface area (Å²) >= 11 is 0. The van der Waals surface area contributed by atoms with Gasteiger partial charge in [0.05, 0.1) is 6.04 Å². The average molecular weight is 318 g/mol. The molecule has 2 aliphatic heterocycles. The Labute approximate surface area is 136 Å². The zero-order chi connectivity index (χ0) is 14.7. The van der Waals surface area contributed by atoms with Crippen molar-refractivity contribution in [2.24, 2.45) is 11.8 Å². The third-order valence-corrected chi connectivity index (χ3v) is 4.95. The molecule has 21 heavy (non-hydrogen) atoms. The van der Waals surface area contributed by atoms with Crippen molar-refractivity contribution in [2.75, 3.05) is 33.2 Å². The SMILES string of the molecule is CNC1CCCN(C(C)C(=O)N2CC(C)CC(C)C2)C1.Cl. The predicted molar refractivity (Wildman–Crippen MR) is 89.9 cm³/mol. The lowest BCUT2D eigenvalue weighted by Gasteiger charge is -2.41. The van der Waals surface area contributed by atoms with E-state index >= 15 is 0 Å². The minimum absolute atomic E-state index is 0. The third-order valence-electron chi connectivity index (χ3n) is 4.95. The molecule has 2 fully saturated rings. The van der Waals surface area contributed by atoms with Crippen LogP contribution in [-0.4, -0.2) is 61.0 Å². The quantitative estimate of drug-likeness (QED) is 0.864. The van der Waals surface area contributed by atoms with Gasteiger partial charge in [0, 0.05) is 25.7 Å². The molecule has 2 saturated heterocycles. The fourth-order valence-corrected chi connectivity index (χ4v) is 3.86. The Balaban J connectivity index is 0.00000220. The van der Waals surface area contributed by atoms with Crippen LogP contribution < -0.4 is 5.32 Å². The molecule has 1 N–H and O–H groups in total. The molecule has 4 nitrogen and oxygen atoms in total. The number of amides is 1. The molecule has 4 unspecified atom stereocenters. The van der Waals surface area contributed by atoms with Crippen LogP contribution >= 0.6 is 12.4 Å². The van der Waals surface area contributed by atoms with Gasteiger partial charge < -0.3 is 10.2 Å². The largest absolute Gasteiger partial charge is 0.341 e. The highest BCUT2D eigenvalue weighted by molar-refractivity contribution is 5.85. The Morgan fingerprint density at radius 1 is 1.19 bits per heavy atom. The molecule has 0 aromatic carbocycles. The highest BCUT2D eigenvalue weighted by atomic mass is 35.5. The van der Waals surface area contributed by atoms with Crippen LogP contribution in [0.1, 0.15) is 40.0 Å². The van der Waals surface area contributed by atoms with Gasteiger partial charge in [-0.25, -0.2) is 0 Å².